The molecule has 0 bridgehead atoms. The molecule has 10 N–H and O–H groups in total. The van der Waals surface area contributed by atoms with Crippen LogP contribution in [0, 0.1) is 0 Å². The van der Waals surface area contributed by atoms with E-state index in [0.717, 1.165) is 6.92 Å². The van der Waals surface area contributed by atoms with Crippen LogP contribution < -0.4 is 27.4 Å². The lowest BCUT2D eigenvalue weighted by Gasteiger charge is -2.22. The SMILES string of the molecule is CC(O)C(NC(=O)C(CC(N)=O)NC(=O)CNC(=O)C(N)CCC(=O)O)C(=O)O. The molecule has 0 heterocycles. The summed E-state index contributed by atoms with van der Waals surface area (Å²) in [4.78, 5) is 68.4. The Hall–Kier alpha value is -3.26. The molecule has 29 heavy (non-hydrogen) atoms. The molecule has 0 fully saturated rings. The second-order valence-electron chi connectivity index (χ2n) is 6.11. The summed E-state index contributed by atoms with van der Waals surface area (Å²) in [5.74, 6) is -6.49. The Bertz CT molecular complexity index is 652. The van der Waals surface area contributed by atoms with Gasteiger partial charge < -0.3 is 42.7 Å². The Morgan fingerprint density at radius 2 is 1.59 bits per heavy atom. The summed E-state index contributed by atoms with van der Waals surface area (Å²) in [6, 6.07) is -4.43. The van der Waals surface area contributed by atoms with Crippen LogP contribution in [-0.2, 0) is 28.8 Å². The molecule has 0 aromatic carbocycles. The Labute approximate surface area is 165 Å². The predicted octanol–water partition coefficient (Wildman–Crippen LogP) is -4.39. The second-order valence-corrected chi connectivity index (χ2v) is 6.11. The van der Waals surface area contributed by atoms with E-state index in [1.165, 1.54) is 0 Å². The Balaban J connectivity index is 4.84. The minimum absolute atomic E-state index is 0.161. The highest BCUT2D eigenvalue weighted by Crippen LogP contribution is 1.98. The van der Waals surface area contributed by atoms with Gasteiger partial charge in [-0.3, -0.25) is 24.0 Å². The fraction of sp³-hybridized carbons (Fsp3) is 0.600. The fourth-order valence-electron chi connectivity index (χ4n) is 2.01. The number of primary amides is 1. The Kier molecular flexibility index (Phi) is 10.9. The summed E-state index contributed by atoms with van der Waals surface area (Å²) in [6.07, 6.45) is -2.65. The number of rotatable bonds is 13. The van der Waals surface area contributed by atoms with E-state index < -0.39 is 72.8 Å². The molecular weight excluding hydrogens is 394 g/mol. The molecule has 0 aliphatic rings. The average Bonchev–Trinajstić information content (AvgIpc) is 2.60. The van der Waals surface area contributed by atoms with E-state index in [-0.39, 0.29) is 12.8 Å². The molecule has 0 saturated heterocycles. The van der Waals surface area contributed by atoms with Gasteiger partial charge in [-0.1, -0.05) is 0 Å². The normalized spacial score (nSPS) is 14.6. The van der Waals surface area contributed by atoms with Gasteiger partial charge in [-0.15, -0.1) is 0 Å². The predicted molar refractivity (Wildman–Crippen MR) is 94.8 cm³/mol. The van der Waals surface area contributed by atoms with Gasteiger partial charge in [-0.25, -0.2) is 4.79 Å². The Morgan fingerprint density at radius 1 is 1.00 bits per heavy atom. The Morgan fingerprint density at radius 3 is 2.03 bits per heavy atom. The number of carbonyl (C=O) groups excluding carboxylic acids is 4. The van der Waals surface area contributed by atoms with E-state index in [1.54, 1.807) is 0 Å². The van der Waals surface area contributed by atoms with Crippen LogP contribution in [0.3, 0.4) is 0 Å². The summed E-state index contributed by atoms with van der Waals surface area (Å²) >= 11 is 0. The minimum atomic E-state index is -1.69. The number of carbonyl (C=O) groups is 6. The van der Waals surface area contributed by atoms with Crippen LogP contribution in [0.15, 0.2) is 0 Å². The van der Waals surface area contributed by atoms with Crippen molar-refractivity contribution in [2.24, 2.45) is 11.5 Å². The maximum Gasteiger partial charge on any atom is 0.328 e. The van der Waals surface area contributed by atoms with Gasteiger partial charge in [0.15, 0.2) is 6.04 Å². The van der Waals surface area contributed by atoms with E-state index >= 15 is 0 Å². The molecule has 0 saturated carbocycles. The fourth-order valence-corrected chi connectivity index (χ4v) is 2.01. The molecule has 4 amide bonds. The first kappa shape index (κ1) is 25.7. The van der Waals surface area contributed by atoms with Crippen LogP contribution in [0.5, 0.6) is 0 Å². The molecule has 0 rings (SSSR count). The number of aliphatic hydroxyl groups is 1. The van der Waals surface area contributed by atoms with Gasteiger partial charge in [0.1, 0.15) is 6.04 Å². The number of aliphatic hydroxyl groups excluding tert-OH is 1. The standard InChI is InChI=1S/C15H25N5O9/c1-6(21)12(15(28)29)20-14(27)8(4-9(17)22)19-10(23)5-18-13(26)7(16)2-3-11(24)25/h6-8,12,21H,2-5,16H2,1H3,(H2,17,22)(H,18,26)(H,19,23)(H,20,27)(H,24,25)(H,28,29). The van der Waals surface area contributed by atoms with Gasteiger partial charge in [0.2, 0.25) is 23.6 Å². The number of amides is 4. The smallest absolute Gasteiger partial charge is 0.328 e. The number of hydrogen-bond acceptors (Lipinski definition) is 8. The molecule has 0 aromatic heterocycles. The van der Waals surface area contributed by atoms with Crippen molar-refractivity contribution in [3.05, 3.63) is 0 Å². The zero-order chi connectivity index (χ0) is 22.7. The summed E-state index contributed by atoms with van der Waals surface area (Å²) in [5.41, 5.74) is 10.5. The van der Waals surface area contributed by atoms with Crippen LogP contribution in [0.1, 0.15) is 26.2 Å². The molecule has 164 valence electrons. The summed E-state index contributed by atoms with van der Waals surface area (Å²) in [7, 11) is 0. The van der Waals surface area contributed by atoms with Gasteiger partial charge in [-0.2, -0.15) is 0 Å². The van der Waals surface area contributed by atoms with E-state index in [0.29, 0.717) is 0 Å². The van der Waals surface area contributed by atoms with Gasteiger partial charge in [0.25, 0.3) is 0 Å². The van der Waals surface area contributed by atoms with Crippen LogP contribution in [-0.4, -0.2) is 81.7 Å². The zero-order valence-corrected chi connectivity index (χ0v) is 15.6. The van der Waals surface area contributed by atoms with E-state index in [1.807, 2.05) is 5.32 Å². The molecule has 0 aliphatic heterocycles. The molecule has 0 aliphatic carbocycles. The summed E-state index contributed by atoms with van der Waals surface area (Å²) < 4.78 is 0. The monoisotopic (exact) mass is 419 g/mol. The van der Waals surface area contributed by atoms with Crippen LogP contribution in [0.2, 0.25) is 0 Å². The second kappa shape index (κ2) is 12.2. The van der Waals surface area contributed by atoms with Gasteiger partial charge in [0, 0.05) is 6.42 Å². The third-order valence-corrected chi connectivity index (χ3v) is 3.53. The lowest BCUT2D eigenvalue weighted by molar-refractivity contribution is -0.145. The van der Waals surface area contributed by atoms with E-state index in [4.69, 9.17) is 21.7 Å². The molecule has 0 aromatic rings. The van der Waals surface area contributed by atoms with Crippen molar-refractivity contribution in [3.63, 3.8) is 0 Å². The summed E-state index contributed by atoms with van der Waals surface area (Å²) in [6.45, 7) is 0.463. The van der Waals surface area contributed by atoms with Crippen LogP contribution in [0.4, 0.5) is 0 Å². The van der Waals surface area contributed by atoms with Crippen LogP contribution in [0.25, 0.3) is 0 Å². The number of nitrogens with two attached hydrogens (primary N) is 2. The highest BCUT2D eigenvalue weighted by Gasteiger charge is 2.30. The van der Waals surface area contributed by atoms with Crippen molar-refractivity contribution in [2.45, 2.75) is 50.4 Å². The number of aliphatic carboxylic acids is 2. The highest BCUT2D eigenvalue weighted by molar-refractivity contribution is 5.95. The maximum absolute atomic E-state index is 12.2. The lowest BCUT2D eigenvalue weighted by Crippen LogP contribution is -2.56. The van der Waals surface area contributed by atoms with Crippen molar-refractivity contribution in [3.8, 4) is 0 Å². The van der Waals surface area contributed by atoms with Crippen molar-refractivity contribution in [1.29, 1.82) is 0 Å². The van der Waals surface area contributed by atoms with Crippen molar-refractivity contribution < 1.29 is 44.1 Å². The molecule has 14 heteroatoms. The van der Waals surface area contributed by atoms with Gasteiger partial charge in [-0.05, 0) is 13.3 Å². The number of carboxylic acid groups (broad SMARTS) is 2. The first-order valence-corrected chi connectivity index (χ1v) is 8.39. The molecule has 0 radical (unpaired) electrons. The topological polar surface area (TPSA) is 251 Å². The van der Waals surface area contributed by atoms with Gasteiger partial charge >= 0.3 is 11.9 Å². The molecule has 0 spiro atoms. The third kappa shape index (κ3) is 10.6. The van der Waals surface area contributed by atoms with Crippen molar-refractivity contribution in [2.75, 3.05) is 6.54 Å². The zero-order valence-electron chi connectivity index (χ0n) is 15.6. The average molecular weight is 419 g/mol. The summed E-state index contributed by atoms with van der Waals surface area (Å²) in [5, 5.41) is 33.1. The van der Waals surface area contributed by atoms with E-state index in [9.17, 15) is 33.9 Å². The third-order valence-electron chi connectivity index (χ3n) is 3.53. The molecule has 4 unspecified atom stereocenters. The largest absolute Gasteiger partial charge is 0.481 e. The van der Waals surface area contributed by atoms with Crippen LogP contribution >= 0.6 is 0 Å². The first-order valence-electron chi connectivity index (χ1n) is 8.39. The van der Waals surface area contributed by atoms with Crippen molar-refractivity contribution >= 4 is 35.6 Å². The molecule has 14 nitrogen and oxygen atoms in total. The van der Waals surface area contributed by atoms with Gasteiger partial charge in [0.05, 0.1) is 25.1 Å². The first-order chi connectivity index (χ1) is 13.3. The lowest BCUT2D eigenvalue weighted by atomic mass is 10.1. The molecular formula is C15H25N5O9. The molecule has 4 atom stereocenters. The minimum Gasteiger partial charge on any atom is -0.481 e. The van der Waals surface area contributed by atoms with E-state index in [2.05, 4.69) is 10.6 Å². The number of nitrogens with one attached hydrogen (secondary N) is 3. The van der Waals surface area contributed by atoms with Crippen molar-refractivity contribution in [1.82, 2.24) is 16.0 Å². The maximum atomic E-state index is 12.2. The number of carboxylic acids is 2. The highest BCUT2D eigenvalue weighted by atomic mass is 16.4. The quantitative estimate of drug-likeness (QED) is 0.142. The number of hydrogen-bond donors (Lipinski definition) is 8.